The lowest BCUT2D eigenvalue weighted by Crippen LogP contribution is -2.46. The molecule has 2 heterocycles. The Kier molecular flexibility index (Phi) is 3.93. The molecule has 3 N–H and O–H groups in total. The van der Waals surface area contributed by atoms with E-state index in [0.717, 1.165) is 37.2 Å². The van der Waals surface area contributed by atoms with Crippen LogP contribution in [0, 0.1) is 0 Å². The molecule has 2 aliphatic heterocycles. The molecule has 5 heteroatoms. The van der Waals surface area contributed by atoms with E-state index in [1.165, 1.54) is 0 Å². The van der Waals surface area contributed by atoms with Crippen LogP contribution in [0.25, 0.3) is 5.57 Å². The van der Waals surface area contributed by atoms with E-state index >= 15 is 0 Å². The number of amides is 1. The summed E-state index contributed by atoms with van der Waals surface area (Å²) in [5.74, 6) is 0.540. The van der Waals surface area contributed by atoms with Gasteiger partial charge in [-0.1, -0.05) is 30.3 Å². The number of rotatable bonds is 2. The lowest BCUT2D eigenvalue weighted by molar-refractivity contribution is -0.111. The van der Waals surface area contributed by atoms with Gasteiger partial charge in [-0.15, -0.1) is 0 Å². The van der Waals surface area contributed by atoms with Crippen molar-refractivity contribution in [1.29, 1.82) is 0 Å². The summed E-state index contributed by atoms with van der Waals surface area (Å²) in [4.78, 5) is 12.9. The highest BCUT2D eigenvalue weighted by atomic mass is 16.5. The number of piperidine rings is 1. The summed E-state index contributed by atoms with van der Waals surface area (Å²) >= 11 is 0. The zero-order chi connectivity index (χ0) is 17.3. The SMILES string of the molecule is O=C(Nc1ccccc1O)C1=CC2(CCNCC2)Oc2ccccc21. The van der Waals surface area contributed by atoms with Crippen LogP contribution in [0.4, 0.5) is 5.69 Å². The van der Waals surface area contributed by atoms with Gasteiger partial charge in [-0.25, -0.2) is 0 Å². The van der Waals surface area contributed by atoms with Gasteiger partial charge in [-0.2, -0.15) is 0 Å². The lowest BCUT2D eigenvalue weighted by Gasteiger charge is -2.39. The molecule has 2 aromatic rings. The third kappa shape index (κ3) is 2.98. The van der Waals surface area contributed by atoms with Gasteiger partial charge in [0.25, 0.3) is 5.91 Å². The van der Waals surface area contributed by atoms with Crippen LogP contribution in [0.5, 0.6) is 11.5 Å². The number of benzene rings is 2. The van der Waals surface area contributed by atoms with Crippen molar-refractivity contribution < 1.29 is 14.6 Å². The van der Waals surface area contributed by atoms with E-state index in [1.807, 2.05) is 30.3 Å². The number of carbonyl (C=O) groups excluding carboxylic acids is 1. The minimum Gasteiger partial charge on any atom is -0.506 e. The smallest absolute Gasteiger partial charge is 0.256 e. The predicted octanol–water partition coefficient (Wildman–Crippen LogP) is 2.93. The minimum absolute atomic E-state index is 0.0494. The van der Waals surface area contributed by atoms with E-state index in [2.05, 4.69) is 10.6 Å². The number of phenolic OH excluding ortho intramolecular Hbond substituents is 1. The quantitative estimate of drug-likeness (QED) is 0.738. The first-order valence-electron chi connectivity index (χ1n) is 8.48. The number of nitrogens with one attached hydrogen (secondary N) is 2. The van der Waals surface area contributed by atoms with Crippen LogP contribution < -0.4 is 15.4 Å². The highest BCUT2D eigenvalue weighted by molar-refractivity contribution is 6.26. The summed E-state index contributed by atoms with van der Waals surface area (Å²) in [5.41, 5.74) is 1.31. The zero-order valence-electron chi connectivity index (χ0n) is 13.8. The standard InChI is InChI=1S/C20H20N2O3/c23-17-7-3-2-6-16(17)22-19(24)15-13-20(9-11-21-12-10-20)25-18-8-4-1-5-14(15)18/h1-8,13,21,23H,9-12H2,(H,22,24). The monoisotopic (exact) mass is 336 g/mol. The molecule has 2 aromatic carbocycles. The van der Waals surface area contributed by atoms with Gasteiger partial charge in [-0.05, 0) is 37.4 Å². The van der Waals surface area contributed by atoms with Crippen LogP contribution in [0.15, 0.2) is 54.6 Å². The summed E-state index contributed by atoms with van der Waals surface area (Å²) < 4.78 is 6.27. The maximum atomic E-state index is 12.9. The molecular formula is C20H20N2O3. The van der Waals surface area contributed by atoms with E-state index in [1.54, 1.807) is 24.3 Å². The van der Waals surface area contributed by atoms with Gasteiger partial charge in [0.2, 0.25) is 0 Å². The van der Waals surface area contributed by atoms with Crippen LogP contribution in [0.2, 0.25) is 0 Å². The van der Waals surface area contributed by atoms with Crippen molar-refractivity contribution in [2.75, 3.05) is 18.4 Å². The molecule has 4 rings (SSSR count). The number of hydrogen-bond acceptors (Lipinski definition) is 4. The Hall–Kier alpha value is -2.79. The summed E-state index contributed by atoms with van der Waals surface area (Å²) in [6.07, 6.45) is 3.58. The Morgan fingerprint density at radius 2 is 1.80 bits per heavy atom. The van der Waals surface area contributed by atoms with Crippen molar-refractivity contribution in [3.05, 3.63) is 60.2 Å². The molecule has 0 aromatic heterocycles. The molecule has 128 valence electrons. The second-order valence-electron chi connectivity index (χ2n) is 6.44. The normalized spacial score (nSPS) is 18.0. The molecule has 0 aliphatic carbocycles. The molecule has 0 radical (unpaired) electrons. The molecular weight excluding hydrogens is 316 g/mol. The second kappa shape index (κ2) is 6.26. The number of para-hydroxylation sites is 3. The Balaban J connectivity index is 1.71. The molecule has 25 heavy (non-hydrogen) atoms. The Morgan fingerprint density at radius 1 is 1.08 bits per heavy atom. The Bertz CT molecular complexity index is 838. The molecule has 5 nitrogen and oxygen atoms in total. The number of aromatic hydroxyl groups is 1. The lowest BCUT2D eigenvalue weighted by atomic mass is 9.85. The van der Waals surface area contributed by atoms with Gasteiger partial charge in [-0.3, -0.25) is 4.79 Å². The Morgan fingerprint density at radius 3 is 2.60 bits per heavy atom. The molecule has 2 aliphatic rings. The molecule has 1 amide bonds. The van der Waals surface area contributed by atoms with Crippen molar-refractivity contribution in [3.8, 4) is 11.5 Å². The van der Waals surface area contributed by atoms with Crippen molar-refractivity contribution >= 4 is 17.2 Å². The first kappa shape index (κ1) is 15.7. The van der Waals surface area contributed by atoms with E-state index in [-0.39, 0.29) is 11.7 Å². The van der Waals surface area contributed by atoms with Gasteiger partial charge in [0.1, 0.15) is 17.1 Å². The van der Waals surface area contributed by atoms with Crippen LogP contribution in [0.1, 0.15) is 18.4 Å². The molecule has 1 fully saturated rings. The number of anilines is 1. The fourth-order valence-corrected chi connectivity index (χ4v) is 3.42. The maximum Gasteiger partial charge on any atom is 0.256 e. The predicted molar refractivity (Wildman–Crippen MR) is 96.6 cm³/mol. The molecule has 1 spiro atoms. The van der Waals surface area contributed by atoms with Crippen molar-refractivity contribution in [1.82, 2.24) is 5.32 Å². The zero-order valence-corrected chi connectivity index (χ0v) is 13.8. The number of phenols is 1. The molecule has 1 saturated heterocycles. The van der Waals surface area contributed by atoms with E-state index in [9.17, 15) is 9.90 Å². The van der Waals surface area contributed by atoms with E-state index in [4.69, 9.17) is 4.74 Å². The van der Waals surface area contributed by atoms with Gasteiger partial charge in [0, 0.05) is 18.4 Å². The average Bonchev–Trinajstić information content (AvgIpc) is 2.63. The molecule has 0 bridgehead atoms. The summed E-state index contributed by atoms with van der Waals surface area (Å²) in [7, 11) is 0. The van der Waals surface area contributed by atoms with Crippen LogP contribution >= 0.6 is 0 Å². The van der Waals surface area contributed by atoms with Crippen LogP contribution in [0.3, 0.4) is 0 Å². The summed E-state index contributed by atoms with van der Waals surface area (Å²) in [6.45, 7) is 1.71. The molecule has 0 saturated carbocycles. The fourth-order valence-electron chi connectivity index (χ4n) is 3.42. The highest BCUT2D eigenvalue weighted by Crippen LogP contribution is 2.40. The van der Waals surface area contributed by atoms with Gasteiger partial charge < -0.3 is 20.5 Å². The Labute approximate surface area is 146 Å². The topological polar surface area (TPSA) is 70.6 Å². The number of hydrogen-bond donors (Lipinski definition) is 3. The number of carbonyl (C=O) groups is 1. The first-order chi connectivity index (χ1) is 12.2. The van der Waals surface area contributed by atoms with Gasteiger partial charge in [0.05, 0.1) is 11.3 Å². The van der Waals surface area contributed by atoms with Gasteiger partial charge in [0.15, 0.2) is 0 Å². The second-order valence-corrected chi connectivity index (χ2v) is 6.44. The van der Waals surface area contributed by atoms with Gasteiger partial charge >= 0.3 is 0 Å². The molecule has 0 unspecified atom stereocenters. The van der Waals surface area contributed by atoms with E-state index < -0.39 is 5.60 Å². The summed E-state index contributed by atoms with van der Waals surface area (Å²) in [5, 5.41) is 16.1. The van der Waals surface area contributed by atoms with Crippen LogP contribution in [-0.4, -0.2) is 29.7 Å². The van der Waals surface area contributed by atoms with Crippen LogP contribution in [-0.2, 0) is 4.79 Å². The van der Waals surface area contributed by atoms with Crippen molar-refractivity contribution in [2.24, 2.45) is 0 Å². The fraction of sp³-hybridized carbons (Fsp3) is 0.250. The third-order valence-electron chi connectivity index (χ3n) is 4.74. The number of ether oxygens (including phenoxy) is 1. The highest BCUT2D eigenvalue weighted by Gasteiger charge is 2.38. The van der Waals surface area contributed by atoms with E-state index in [0.29, 0.717) is 11.3 Å². The van der Waals surface area contributed by atoms with Crippen molar-refractivity contribution in [2.45, 2.75) is 18.4 Å². The largest absolute Gasteiger partial charge is 0.506 e. The summed E-state index contributed by atoms with van der Waals surface area (Å²) in [6, 6.07) is 14.3. The average molecular weight is 336 g/mol. The molecule has 0 atom stereocenters. The number of fused-ring (bicyclic) bond motifs is 1. The maximum absolute atomic E-state index is 12.9. The third-order valence-corrected chi connectivity index (χ3v) is 4.74. The minimum atomic E-state index is -0.453. The van der Waals surface area contributed by atoms with Crippen molar-refractivity contribution in [3.63, 3.8) is 0 Å². The first-order valence-corrected chi connectivity index (χ1v) is 8.48.